The molecule has 0 aliphatic carbocycles. The van der Waals surface area contributed by atoms with Crippen molar-refractivity contribution in [2.45, 2.75) is 32.1 Å². The number of rotatable bonds is 11. The van der Waals surface area contributed by atoms with Gasteiger partial charge in [-0.3, -0.25) is 13.9 Å². The van der Waals surface area contributed by atoms with E-state index >= 15 is 0 Å². The van der Waals surface area contributed by atoms with Crippen molar-refractivity contribution in [1.82, 2.24) is 10.2 Å². The first-order valence-electron chi connectivity index (χ1n) is 12.3. The van der Waals surface area contributed by atoms with Gasteiger partial charge < -0.3 is 10.2 Å². The van der Waals surface area contributed by atoms with Crippen molar-refractivity contribution in [2.24, 2.45) is 0 Å². The first kappa shape index (κ1) is 31.0. The monoisotopic (exact) mass is 595 g/mol. The van der Waals surface area contributed by atoms with Gasteiger partial charge >= 0.3 is 6.18 Å². The number of nitrogens with zero attached hydrogens (tertiary/aromatic N) is 2. The van der Waals surface area contributed by atoms with E-state index in [1.807, 2.05) is 6.07 Å². The molecule has 12 heteroatoms. The van der Waals surface area contributed by atoms with E-state index in [1.54, 1.807) is 61.5 Å². The highest BCUT2D eigenvalue weighted by atomic mass is 35.5. The van der Waals surface area contributed by atoms with Crippen LogP contribution in [0.1, 0.15) is 23.6 Å². The molecule has 0 saturated heterocycles. The smallest absolute Gasteiger partial charge is 0.355 e. The third-order valence-corrected chi connectivity index (χ3v) is 7.51. The van der Waals surface area contributed by atoms with E-state index in [2.05, 4.69) is 5.32 Å². The topological polar surface area (TPSA) is 86.8 Å². The summed E-state index contributed by atoms with van der Waals surface area (Å²) in [4.78, 5) is 28.4. The van der Waals surface area contributed by atoms with Crippen molar-refractivity contribution in [3.05, 3.63) is 101 Å². The fourth-order valence-corrected chi connectivity index (χ4v) is 5.19. The van der Waals surface area contributed by atoms with Crippen molar-refractivity contribution >= 4 is 39.1 Å². The summed E-state index contributed by atoms with van der Waals surface area (Å²) in [6.45, 7) is 1.14. The number of anilines is 1. The quantitative estimate of drug-likeness (QED) is 0.342. The second kappa shape index (κ2) is 13.2. The Kier molecular flexibility index (Phi) is 10.2. The molecule has 0 saturated carbocycles. The molecule has 0 unspecified atom stereocenters. The van der Waals surface area contributed by atoms with Gasteiger partial charge in [0.1, 0.15) is 12.6 Å². The zero-order valence-electron chi connectivity index (χ0n) is 21.9. The average Bonchev–Trinajstić information content (AvgIpc) is 2.89. The van der Waals surface area contributed by atoms with Gasteiger partial charge in [-0.25, -0.2) is 8.42 Å². The highest BCUT2D eigenvalue weighted by Crippen LogP contribution is 2.37. The van der Waals surface area contributed by atoms with Gasteiger partial charge in [-0.1, -0.05) is 72.3 Å². The lowest BCUT2D eigenvalue weighted by Gasteiger charge is -2.33. The van der Waals surface area contributed by atoms with E-state index in [9.17, 15) is 31.2 Å². The molecule has 0 spiro atoms. The van der Waals surface area contributed by atoms with E-state index in [4.69, 9.17) is 11.6 Å². The second-order valence-electron chi connectivity index (χ2n) is 9.04. The predicted octanol–water partition coefficient (Wildman–Crippen LogP) is 4.90. The number of alkyl halides is 3. The molecule has 3 rings (SSSR count). The van der Waals surface area contributed by atoms with Crippen LogP contribution in [0.5, 0.6) is 0 Å². The largest absolute Gasteiger partial charge is 0.417 e. The van der Waals surface area contributed by atoms with Gasteiger partial charge in [0.25, 0.3) is 0 Å². The minimum Gasteiger partial charge on any atom is -0.355 e. The zero-order valence-corrected chi connectivity index (χ0v) is 23.4. The molecular weight excluding hydrogens is 567 g/mol. The maximum atomic E-state index is 13.9. The van der Waals surface area contributed by atoms with Crippen LogP contribution < -0.4 is 9.62 Å². The highest BCUT2D eigenvalue weighted by molar-refractivity contribution is 7.92. The molecule has 0 aliphatic rings. The molecule has 2 amide bonds. The number of amides is 2. The Bertz CT molecular complexity index is 1420. The van der Waals surface area contributed by atoms with Crippen molar-refractivity contribution in [3.63, 3.8) is 0 Å². The molecule has 1 N–H and O–H groups in total. The number of likely N-dealkylation sites (N-methyl/N-ethyl adjacent to an activating group) is 1. The average molecular weight is 596 g/mol. The molecule has 0 aromatic heterocycles. The van der Waals surface area contributed by atoms with E-state index in [-0.39, 0.29) is 25.2 Å². The van der Waals surface area contributed by atoms with Gasteiger partial charge in [0.15, 0.2) is 0 Å². The summed E-state index contributed by atoms with van der Waals surface area (Å²) in [5, 5.41) is 2.12. The van der Waals surface area contributed by atoms with Crippen LogP contribution in [-0.2, 0) is 38.8 Å². The number of halogens is 4. The van der Waals surface area contributed by atoms with Gasteiger partial charge in [-0.05, 0) is 36.2 Å². The van der Waals surface area contributed by atoms with Crippen molar-refractivity contribution in [1.29, 1.82) is 0 Å². The van der Waals surface area contributed by atoms with Crippen LogP contribution in [0.15, 0.2) is 78.9 Å². The van der Waals surface area contributed by atoms with E-state index in [0.717, 1.165) is 24.0 Å². The Hall–Kier alpha value is -3.57. The number of carbonyl (C=O) groups is 2. The number of nitrogens with one attached hydrogen (secondary N) is 1. The summed E-state index contributed by atoms with van der Waals surface area (Å²) < 4.78 is 66.7. The third-order valence-electron chi connectivity index (χ3n) is 6.04. The summed E-state index contributed by atoms with van der Waals surface area (Å²) in [5.41, 5.74) is -0.185. The first-order chi connectivity index (χ1) is 18.8. The van der Waals surface area contributed by atoms with Crippen LogP contribution in [0.2, 0.25) is 5.02 Å². The van der Waals surface area contributed by atoms with Crippen LogP contribution >= 0.6 is 11.6 Å². The third kappa shape index (κ3) is 8.22. The lowest BCUT2D eigenvalue weighted by atomic mass is 10.0. The Morgan fingerprint density at radius 3 is 2.05 bits per heavy atom. The number of hydrogen-bond donors (Lipinski definition) is 1. The first-order valence-corrected chi connectivity index (χ1v) is 14.5. The standard InChI is InChI=1S/C28H29ClF3N3O4S/c1-3-33-27(37)25(16-20-10-6-4-7-11-20)34(18-21-12-8-5-9-13-21)26(36)19-35(40(2,38)39)22-14-15-24(29)23(17-22)28(30,31)32/h4-15,17,25H,3,16,18-19H2,1-2H3,(H,33,37)/t25-/m0/s1. The van der Waals surface area contributed by atoms with Crippen LogP contribution in [0.4, 0.5) is 18.9 Å². The highest BCUT2D eigenvalue weighted by Gasteiger charge is 2.36. The molecule has 7 nitrogen and oxygen atoms in total. The SMILES string of the molecule is CCNC(=O)[C@H](Cc1ccccc1)N(Cc1ccccc1)C(=O)CN(c1ccc(Cl)c(C(F)(F)F)c1)S(C)(=O)=O. The fourth-order valence-electron chi connectivity index (χ4n) is 4.13. The molecule has 0 bridgehead atoms. The molecule has 0 heterocycles. The Morgan fingerprint density at radius 2 is 1.52 bits per heavy atom. The molecule has 214 valence electrons. The fraction of sp³-hybridized carbons (Fsp3) is 0.286. The van der Waals surface area contributed by atoms with Crippen molar-refractivity contribution in [2.75, 3.05) is 23.7 Å². The number of hydrogen-bond acceptors (Lipinski definition) is 4. The van der Waals surface area contributed by atoms with Gasteiger partial charge in [0, 0.05) is 19.5 Å². The number of sulfonamides is 1. The van der Waals surface area contributed by atoms with E-state index in [1.165, 1.54) is 4.90 Å². The zero-order chi connectivity index (χ0) is 29.5. The van der Waals surface area contributed by atoms with Crippen LogP contribution in [0, 0.1) is 0 Å². The second-order valence-corrected chi connectivity index (χ2v) is 11.4. The minimum absolute atomic E-state index is 0.0413. The Morgan fingerprint density at radius 1 is 0.950 bits per heavy atom. The van der Waals surface area contributed by atoms with Gasteiger partial charge in [-0.15, -0.1) is 0 Å². The maximum absolute atomic E-state index is 13.9. The van der Waals surface area contributed by atoms with Crippen LogP contribution in [0.25, 0.3) is 0 Å². The summed E-state index contributed by atoms with van der Waals surface area (Å²) in [6, 6.07) is 19.4. The van der Waals surface area contributed by atoms with Crippen LogP contribution in [0.3, 0.4) is 0 Å². The summed E-state index contributed by atoms with van der Waals surface area (Å²) in [6.07, 6.45) is -3.93. The normalized spacial score (nSPS) is 12.4. The molecular formula is C28H29ClF3N3O4S. The van der Waals surface area contributed by atoms with Gasteiger partial charge in [0.05, 0.1) is 22.5 Å². The Balaban J connectivity index is 2.06. The molecule has 40 heavy (non-hydrogen) atoms. The maximum Gasteiger partial charge on any atom is 0.417 e. The van der Waals surface area contributed by atoms with Crippen LogP contribution in [-0.4, -0.2) is 50.5 Å². The summed E-state index contributed by atoms with van der Waals surface area (Å²) in [5.74, 6) is -1.22. The van der Waals surface area contributed by atoms with Crippen molar-refractivity contribution < 1.29 is 31.2 Å². The Labute approximate surface area is 236 Å². The van der Waals surface area contributed by atoms with Crippen molar-refractivity contribution in [3.8, 4) is 0 Å². The molecule has 0 radical (unpaired) electrons. The molecule has 1 atom stereocenters. The molecule has 0 fully saturated rings. The lowest BCUT2D eigenvalue weighted by Crippen LogP contribution is -2.53. The number of benzene rings is 3. The predicted molar refractivity (Wildman–Crippen MR) is 148 cm³/mol. The van der Waals surface area contributed by atoms with E-state index < -0.39 is 51.2 Å². The number of carbonyl (C=O) groups excluding carboxylic acids is 2. The van der Waals surface area contributed by atoms with Gasteiger partial charge in [0.2, 0.25) is 21.8 Å². The van der Waals surface area contributed by atoms with E-state index in [0.29, 0.717) is 15.9 Å². The summed E-state index contributed by atoms with van der Waals surface area (Å²) >= 11 is 5.72. The molecule has 0 aliphatic heterocycles. The summed E-state index contributed by atoms with van der Waals surface area (Å²) in [7, 11) is -4.23. The molecule has 3 aromatic rings. The minimum atomic E-state index is -4.85. The molecule has 3 aromatic carbocycles. The van der Waals surface area contributed by atoms with Gasteiger partial charge in [-0.2, -0.15) is 13.2 Å². The lowest BCUT2D eigenvalue weighted by molar-refractivity contribution is -0.140.